The molecular formula is C25H23Cl2N5O4. The van der Waals surface area contributed by atoms with Crippen molar-refractivity contribution in [2.45, 2.75) is 44.1 Å². The number of anilines is 1. The number of nitrogens with one attached hydrogen (secondary N) is 1. The maximum Gasteiger partial charge on any atom is 0.275 e. The Hall–Kier alpha value is -3.17. The van der Waals surface area contributed by atoms with Crippen LogP contribution in [0.4, 0.5) is 11.4 Å². The van der Waals surface area contributed by atoms with Gasteiger partial charge in [0.2, 0.25) is 11.2 Å². The smallest absolute Gasteiger partial charge is 0.275 e. The lowest BCUT2D eigenvalue weighted by atomic mass is 9.46. The lowest BCUT2D eigenvalue weighted by Crippen LogP contribution is -2.60. The molecule has 2 aromatic carbocycles. The van der Waals surface area contributed by atoms with Crippen molar-refractivity contribution in [1.82, 2.24) is 14.8 Å². The zero-order valence-corrected chi connectivity index (χ0v) is 20.7. The number of nitrogens with zero attached hydrogens (tertiary/aromatic N) is 4. The number of halogens is 2. The van der Waals surface area contributed by atoms with E-state index in [1.165, 1.54) is 12.1 Å². The van der Waals surface area contributed by atoms with Crippen molar-refractivity contribution in [3.05, 3.63) is 69.2 Å². The van der Waals surface area contributed by atoms with E-state index in [1.54, 1.807) is 36.7 Å². The molecule has 0 saturated heterocycles. The van der Waals surface area contributed by atoms with Crippen LogP contribution in [-0.4, -0.2) is 25.6 Å². The molecule has 0 aliphatic heterocycles. The minimum Gasteiger partial charge on any atom is -0.457 e. The molecule has 3 aromatic rings. The van der Waals surface area contributed by atoms with Gasteiger partial charge in [-0.05, 0) is 86.2 Å². The third-order valence-corrected chi connectivity index (χ3v) is 8.30. The monoisotopic (exact) mass is 527 g/mol. The van der Waals surface area contributed by atoms with Crippen LogP contribution >= 0.6 is 23.2 Å². The Morgan fingerprint density at radius 3 is 2.44 bits per heavy atom. The molecule has 186 valence electrons. The van der Waals surface area contributed by atoms with Crippen molar-refractivity contribution in [2.24, 2.45) is 17.3 Å². The second-order valence-electron chi connectivity index (χ2n) is 10.4. The molecule has 0 spiro atoms. The second kappa shape index (κ2) is 8.45. The number of benzene rings is 2. The molecule has 4 saturated carbocycles. The molecule has 1 heterocycles. The summed E-state index contributed by atoms with van der Waals surface area (Å²) in [6.45, 7) is 0. The molecule has 9 nitrogen and oxygen atoms in total. The second-order valence-corrected chi connectivity index (χ2v) is 11.2. The Morgan fingerprint density at radius 1 is 1.08 bits per heavy atom. The number of ether oxygens (including phenoxy) is 1. The number of aromatic nitrogens is 3. The van der Waals surface area contributed by atoms with Gasteiger partial charge in [-0.15, -0.1) is 5.10 Å². The Labute approximate surface area is 216 Å². The molecule has 4 aliphatic carbocycles. The van der Waals surface area contributed by atoms with E-state index in [2.05, 4.69) is 15.4 Å². The van der Waals surface area contributed by atoms with Crippen LogP contribution in [0.2, 0.25) is 10.3 Å². The van der Waals surface area contributed by atoms with Gasteiger partial charge in [0.1, 0.15) is 17.8 Å². The van der Waals surface area contributed by atoms with E-state index in [-0.39, 0.29) is 28.2 Å². The van der Waals surface area contributed by atoms with E-state index >= 15 is 0 Å². The standard InChI is InChI=1S/C25H23Cl2N5O4/c26-17-1-3-20(4-2-17)36-21-7-18(6-19(8-21)32(34)35)29-22(33)24-9-15-5-16(10-24)12-25(11-15,13-24)31-14-28-23(27)30-31/h1-4,6-8,14-16H,5,9-13H2,(H,29,33). The number of hydrogen-bond donors (Lipinski definition) is 1. The number of nitro benzene ring substituents is 1. The summed E-state index contributed by atoms with van der Waals surface area (Å²) in [4.78, 5) is 29.0. The largest absolute Gasteiger partial charge is 0.457 e. The van der Waals surface area contributed by atoms with Crippen molar-refractivity contribution in [2.75, 3.05) is 5.32 Å². The quantitative estimate of drug-likeness (QED) is 0.300. The SMILES string of the molecule is O=C(Nc1cc(Oc2ccc(Cl)cc2)cc([N+](=O)[O-])c1)C12CC3CC(C1)CC(n1cnc(Cl)n1)(C3)C2. The number of carbonyl (C=O) groups excluding carboxylic acids is 1. The van der Waals surface area contributed by atoms with Crippen LogP contribution < -0.4 is 10.1 Å². The average Bonchev–Trinajstić information content (AvgIpc) is 3.27. The predicted molar refractivity (Wildman–Crippen MR) is 133 cm³/mol. The maximum atomic E-state index is 13.8. The van der Waals surface area contributed by atoms with Crippen LogP contribution in [-0.2, 0) is 10.3 Å². The predicted octanol–water partition coefficient (Wildman–Crippen LogP) is 6.22. The fourth-order valence-corrected chi connectivity index (χ4v) is 7.19. The Bertz CT molecular complexity index is 1340. The van der Waals surface area contributed by atoms with Gasteiger partial charge in [0.25, 0.3) is 5.69 Å². The van der Waals surface area contributed by atoms with Crippen LogP contribution in [0, 0.1) is 27.4 Å². The summed E-state index contributed by atoms with van der Waals surface area (Å²) in [5, 5.41) is 19.7. The van der Waals surface area contributed by atoms with Crippen LogP contribution in [0.5, 0.6) is 11.5 Å². The Kier molecular flexibility index (Phi) is 5.46. The van der Waals surface area contributed by atoms with Crippen LogP contribution in [0.25, 0.3) is 0 Å². The normalized spacial score (nSPS) is 28.2. The zero-order valence-electron chi connectivity index (χ0n) is 19.2. The molecule has 4 fully saturated rings. The maximum absolute atomic E-state index is 13.8. The summed E-state index contributed by atoms with van der Waals surface area (Å²) >= 11 is 12.0. The van der Waals surface area contributed by atoms with Gasteiger partial charge in [-0.3, -0.25) is 14.9 Å². The first-order chi connectivity index (χ1) is 17.2. The van der Waals surface area contributed by atoms with Gasteiger partial charge in [-0.25, -0.2) is 9.67 Å². The van der Waals surface area contributed by atoms with Crippen LogP contribution in [0.15, 0.2) is 48.8 Å². The zero-order chi connectivity index (χ0) is 25.1. The first-order valence-corrected chi connectivity index (χ1v) is 12.6. The van der Waals surface area contributed by atoms with Crippen molar-refractivity contribution in [3.63, 3.8) is 0 Å². The molecule has 4 aliphatic rings. The van der Waals surface area contributed by atoms with Gasteiger partial charge >= 0.3 is 0 Å². The fourth-order valence-electron chi connectivity index (χ4n) is 6.94. The van der Waals surface area contributed by atoms with Gasteiger partial charge in [0, 0.05) is 17.2 Å². The molecule has 1 aromatic heterocycles. The van der Waals surface area contributed by atoms with Crippen molar-refractivity contribution < 1.29 is 14.5 Å². The number of rotatable bonds is 6. The molecule has 7 rings (SSSR count). The van der Waals surface area contributed by atoms with Crippen molar-refractivity contribution in [3.8, 4) is 11.5 Å². The minimum atomic E-state index is -0.579. The van der Waals surface area contributed by atoms with E-state index in [9.17, 15) is 14.9 Å². The number of nitro groups is 1. The summed E-state index contributed by atoms with van der Waals surface area (Å²) < 4.78 is 7.69. The summed E-state index contributed by atoms with van der Waals surface area (Å²) in [5.74, 6) is 1.43. The summed E-state index contributed by atoms with van der Waals surface area (Å²) in [6, 6.07) is 11.0. The van der Waals surface area contributed by atoms with Crippen molar-refractivity contribution >= 4 is 40.5 Å². The Morgan fingerprint density at radius 2 is 1.81 bits per heavy atom. The van der Waals surface area contributed by atoms with Gasteiger partial charge in [-0.1, -0.05) is 11.6 Å². The lowest BCUT2D eigenvalue weighted by molar-refractivity contribution is -0.384. The summed E-state index contributed by atoms with van der Waals surface area (Å²) in [5.41, 5.74) is -0.708. The molecular weight excluding hydrogens is 505 g/mol. The topological polar surface area (TPSA) is 112 Å². The highest BCUT2D eigenvalue weighted by Crippen LogP contribution is 2.64. The van der Waals surface area contributed by atoms with Crippen LogP contribution in [0.3, 0.4) is 0 Å². The van der Waals surface area contributed by atoms with Gasteiger partial charge in [0.15, 0.2) is 0 Å². The van der Waals surface area contributed by atoms with E-state index in [4.69, 9.17) is 27.9 Å². The van der Waals surface area contributed by atoms with Crippen molar-refractivity contribution in [1.29, 1.82) is 0 Å². The van der Waals surface area contributed by atoms with E-state index < -0.39 is 10.3 Å². The molecule has 1 amide bonds. The van der Waals surface area contributed by atoms with Gasteiger partial charge in [-0.2, -0.15) is 0 Å². The molecule has 11 heteroatoms. The molecule has 0 radical (unpaired) electrons. The molecule has 36 heavy (non-hydrogen) atoms. The number of hydrogen-bond acceptors (Lipinski definition) is 6. The highest BCUT2D eigenvalue weighted by molar-refractivity contribution is 6.30. The van der Waals surface area contributed by atoms with E-state index in [0.717, 1.165) is 32.1 Å². The first kappa shape index (κ1) is 23.2. The third-order valence-electron chi connectivity index (χ3n) is 7.87. The summed E-state index contributed by atoms with van der Waals surface area (Å²) in [7, 11) is 0. The van der Waals surface area contributed by atoms with Gasteiger partial charge < -0.3 is 10.1 Å². The number of amides is 1. The average molecular weight is 528 g/mol. The highest BCUT2D eigenvalue weighted by Gasteiger charge is 2.61. The fraction of sp³-hybridized carbons (Fsp3) is 0.400. The number of non-ortho nitro benzene ring substituents is 1. The number of carbonyl (C=O) groups is 1. The molecule has 2 unspecified atom stereocenters. The third kappa shape index (κ3) is 4.10. The molecule has 4 bridgehead atoms. The van der Waals surface area contributed by atoms with E-state index in [1.807, 2.05) is 4.68 Å². The minimum absolute atomic E-state index is 0.120. The highest BCUT2D eigenvalue weighted by atomic mass is 35.5. The Balaban J connectivity index is 1.29. The van der Waals surface area contributed by atoms with E-state index in [0.29, 0.717) is 34.7 Å². The van der Waals surface area contributed by atoms with Crippen LogP contribution in [0.1, 0.15) is 38.5 Å². The molecule has 1 N–H and O–H groups in total. The molecule has 2 atom stereocenters. The summed E-state index contributed by atoms with van der Waals surface area (Å²) in [6.07, 6.45) is 6.91. The first-order valence-electron chi connectivity index (χ1n) is 11.8. The lowest BCUT2D eigenvalue weighted by Gasteiger charge is -2.60. The van der Waals surface area contributed by atoms with Gasteiger partial charge in [0.05, 0.1) is 27.6 Å².